The predicted octanol–water partition coefficient (Wildman–Crippen LogP) is 2.03. The van der Waals surface area contributed by atoms with Gasteiger partial charge in [-0.05, 0) is 19.4 Å². The molecule has 1 unspecified atom stereocenters. The third-order valence-corrected chi connectivity index (χ3v) is 3.10. The van der Waals surface area contributed by atoms with Gasteiger partial charge in [0.25, 0.3) is 0 Å². The van der Waals surface area contributed by atoms with Gasteiger partial charge in [-0.25, -0.2) is 0 Å². The van der Waals surface area contributed by atoms with Gasteiger partial charge < -0.3 is 5.32 Å². The molecular weight excluding hydrogens is 187 g/mol. The van der Waals surface area contributed by atoms with E-state index in [4.69, 9.17) is 0 Å². The molecule has 0 aliphatic carbocycles. The minimum absolute atomic E-state index is 0.153. The molecule has 0 aromatic heterocycles. The average molecular weight is 199 g/mol. The zero-order chi connectivity index (χ0) is 9.03. The molecule has 1 atom stereocenters. The molecule has 12 heavy (non-hydrogen) atoms. The third kappa shape index (κ3) is 4.21. The van der Waals surface area contributed by atoms with E-state index in [2.05, 4.69) is 5.32 Å². The summed E-state index contributed by atoms with van der Waals surface area (Å²) in [5.74, 6) is -0.709. The monoisotopic (exact) mass is 199 g/mol. The second-order valence-electron chi connectivity index (χ2n) is 2.89. The zero-order valence-electron chi connectivity index (χ0n) is 6.66. The Morgan fingerprint density at radius 3 is 2.67 bits per heavy atom. The molecule has 1 rings (SSSR count). The first-order chi connectivity index (χ1) is 5.58. The lowest BCUT2D eigenvalue weighted by Gasteiger charge is -2.22. The molecule has 1 aliphatic rings. The molecule has 0 aromatic carbocycles. The maximum absolute atomic E-state index is 11.8. The van der Waals surface area contributed by atoms with Crippen LogP contribution in [0.15, 0.2) is 0 Å². The molecule has 0 saturated carbocycles. The summed E-state index contributed by atoms with van der Waals surface area (Å²) >= 11 is 1.02. The van der Waals surface area contributed by atoms with Gasteiger partial charge in [-0.2, -0.15) is 13.2 Å². The summed E-state index contributed by atoms with van der Waals surface area (Å²) in [7, 11) is 0. The Bertz CT molecular complexity index is 131. The second kappa shape index (κ2) is 4.37. The summed E-state index contributed by atoms with van der Waals surface area (Å²) in [5, 5.41) is 3.24. The largest absolute Gasteiger partial charge is 0.397 e. The van der Waals surface area contributed by atoms with Crippen LogP contribution < -0.4 is 5.32 Å². The Morgan fingerprint density at radius 2 is 2.17 bits per heavy atom. The topological polar surface area (TPSA) is 12.0 Å². The van der Waals surface area contributed by atoms with Crippen LogP contribution in [-0.2, 0) is 0 Å². The average Bonchev–Trinajstić information content (AvgIpc) is 2.02. The van der Waals surface area contributed by atoms with Crippen LogP contribution in [0.25, 0.3) is 0 Å². The van der Waals surface area contributed by atoms with Crippen molar-refractivity contribution in [1.29, 1.82) is 0 Å². The molecule has 0 bridgehead atoms. The fraction of sp³-hybridized carbons (Fsp3) is 1.00. The standard InChI is InChI=1S/C7H12F3NS/c8-7(9,10)5-12-6-2-1-3-11-4-6/h6,11H,1-5H2. The number of nitrogens with one attached hydrogen (secondary N) is 1. The van der Waals surface area contributed by atoms with Crippen LogP contribution in [0.3, 0.4) is 0 Å². The first-order valence-electron chi connectivity index (χ1n) is 3.97. The maximum Gasteiger partial charge on any atom is 0.397 e. The van der Waals surface area contributed by atoms with Gasteiger partial charge >= 0.3 is 6.18 Å². The van der Waals surface area contributed by atoms with Crippen molar-refractivity contribution in [3.05, 3.63) is 0 Å². The summed E-state index contributed by atoms with van der Waals surface area (Å²) in [6.07, 6.45) is -2.11. The van der Waals surface area contributed by atoms with Crippen LogP contribution in [-0.4, -0.2) is 30.3 Å². The van der Waals surface area contributed by atoms with Crippen molar-refractivity contribution in [2.75, 3.05) is 18.8 Å². The van der Waals surface area contributed by atoms with Gasteiger partial charge in [0.15, 0.2) is 0 Å². The van der Waals surface area contributed by atoms with E-state index >= 15 is 0 Å². The van der Waals surface area contributed by atoms with E-state index in [1.165, 1.54) is 0 Å². The van der Waals surface area contributed by atoms with Crippen molar-refractivity contribution in [2.24, 2.45) is 0 Å². The second-order valence-corrected chi connectivity index (χ2v) is 4.18. The maximum atomic E-state index is 11.8. The van der Waals surface area contributed by atoms with E-state index in [-0.39, 0.29) is 5.25 Å². The third-order valence-electron chi connectivity index (χ3n) is 1.73. The molecule has 0 spiro atoms. The molecule has 72 valence electrons. The fourth-order valence-electron chi connectivity index (χ4n) is 1.17. The van der Waals surface area contributed by atoms with Crippen LogP contribution in [0.4, 0.5) is 13.2 Å². The molecular formula is C7H12F3NS. The number of thioether (sulfide) groups is 1. The highest BCUT2D eigenvalue weighted by Gasteiger charge is 2.29. The molecule has 1 nitrogen and oxygen atoms in total. The van der Waals surface area contributed by atoms with E-state index in [9.17, 15) is 13.2 Å². The highest BCUT2D eigenvalue weighted by atomic mass is 32.2. The molecule has 5 heteroatoms. The van der Waals surface area contributed by atoms with Crippen molar-refractivity contribution < 1.29 is 13.2 Å². The number of rotatable bonds is 2. The highest BCUT2D eigenvalue weighted by Crippen LogP contribution is 2.26. The van der Waals surface area contributed by atoms with Gasteiger partial charge in [0.2, 0.25) is 0 Å². The zero-order valence-corrected chi connectivity index (χ0v) is 7.47. The van der Waals surface area contributed by atoms with Gasteiger partial charge in [0, 0.05) is 11.8 Å². The van der Waals surface area contributed by atoms with Crippen LogP contribution >= 0.6 is 11.8 Å². The molecule has 1 heterocycles. The molecule has 0 radical (unpaired) electrons. The van der Waals surface area contributed by atoms with E-state index < -0.39 is 11.9 Å². The summed E-state index contributed by atoms with van der Waals surface area (Å²) in [5.41, 5.74) is 0. The van der Waals surface area contributed by atoms with Crippen LogP contribution in [0.5, 0.6) is 0 Å². The van der Waals surface area contributed by atoms with Gasteiger partial charge in [0.1, 0.15) is 0 Å². The van der Waals surface area contributed by atoms with E-state index in [0.29, 0.717) is 0 Å². The smallest absolute Gasteiger partial charge is 0.316 e. The Morgan fingerprint density at radius 1 is 1.42 bits per heavy atom. The summed E-state index contributed by atoms with van der Waals surface area (Å²) in [4.78, 5) is 0. The number of piperidine rings is 1. The van der Waals surface area contributed by atoms with Crippen LogP contribution in [0.2, 0.25) is 0 Å². The lowest BCUT2D eigenvalue weighted by atomic mass is 10.2. The summed E-state index contributed by atoms with van der Waals surface area (Å²) in [6.45, 7) is 1.67. The van der Waals surface area contributed by atoms with E-state index in [1.807, 2.05) is 0 Å². The number of halogens is 3. The first kappa shape index (κ1) is 10.2. The minimum Gasteiger partial charge on any atom is -0.316 e. The van der Waals surface area contributed by atoms with Crippen molar-refractivity contribution in [3.63, 3.8) is 0 Å². The SMILES string of the molecule is FC(F)(F)CSC1CCCNC1. The Labute approximate surface area is 74.1 Å². The first-order valence-corrected chi connectivity index (χ1v) is 5.02. The predicted molar refractivity (Wildman–Crippen MR) is 44.4 cm³/mol. The van der Waals surface area contributed by atoms with Crippen molar-refractivity contribution in [1.82, 2.24) is 5.32 Å². The van der Waals surface area contributed by atoms with E-state index in [0.717, 1.165) is 37.7 Å². The lowest BCUT2D eigenvalue weighted by molar-refractivity contribution is -0.105. The Kier molecular flexibility index (Phi) is 3.71. The Balaban J connectivity index is 2.13. The summed E-state index contributed by atoms with van der Waals surface area (Å²) in [6, 6.07) is 0. The van der Waals surface area contributed by atoms with Crippen LogP contribution in [0, 0.1) is 0 Å². The van der Waals surface area contributed by atoms with Crippen LogP contribution in [0.1, 0.15) is 12.8 Å². The van der Waals surface area contributed by atoms with Gasteiger partial charge in [-0.3, -0.25) is 0 Å². The number of hydrogen-bond acceptors (Lipinski definition) is 2. The number of alkyl halides is 3. The van der Waals surface area contributed by atoms with Gasteiger partial charge in [0.05, 0.1) is 5.75 Å². The van der Waals surface area contributed by atoms with E-state index in [1.54, 1.807) is 0 Å². The molecule has 1 fully saturated rings. The molecule has 1 aliphatic heterocycles. The highest BCUT2D eigenvalue weighted by molar-refractivity contribution is 8.00. The Hall–Kier alpha value is 0.1000. The molecule has 0 amide bonds. The molecule has 0 aromatic rings. The van der Waals surface area contributed by atoms with Gasteiger partial charge in [-0.1, -0.05) is 0 Å². The fourth-order valence-corrected chi connectivity index (χ4v) is 2.17. The normalized spacial score (nSPS) is 25.8. The molecule has 1 N–H and O–H groups in total. The quantitative estimate of drug-likeness (QED) is 0.730. The van der Waals surface area contributed by atoms with Crippen molar-refractivity contribution in [3.8, 4) is 0 Å². The number of hydrogen-bond donors (Lipinski definition) is 1. The summed E-state index contributed by atoms with van der Waals surface area (Å²) < 4.78 is 35.3. The minimum atomic E-state index is -4.01. The van der Waals surface area contributed by atoms with Crippen molar-refractivity contribution >= 4 is 11.8 Å². The molecule has 1 saturated heterocycles. The lowest BCUT2D eigenvalue weighted by Crippen LogP contribution is -2.32. The van der Waals surface area contributed by atoms with Gasteiger partial charge in [-0.15, -0.1) is 11.8 Å². The van der Waals surface area contributed by atoms with Crippen molar-refractivity contribution in [2.45, 2.75) is 24.3 Å².